The van der Waals surface area contributed by atoms with E-state index in [9.17, 15) is 19.8 Å². The van der Waals surface area contributed by atoms with E-state index in [0.717, 1.165) is 116 Å². The van der Waals surface area contributed by atoms with Crippen LogP contribution in [0.25, 0.3) is 0 Å². The molecule has 2 unspecified atom stereocenters. The van der Waals surface area contributed by atoms with Crippen LogP contribution < -0.4 is 0 Å². The van der Waals surface area contributed by atoms with Crippen molar-refractivity contribution in [3.05, 3.63) is 0 Å². The summed E-state index contributed by atoms with van der Waals surface area (Å²) in [6, 6.07) is 0. The number of esters is 2. The molecule has 0 aliphatic rings. The number of aliphatic hydroxyl groups is 2. The maximum atomic E-state index is 12.9. The van der Waals surface area contributed by atoms with Crippen LogP contribution in [0.2, 0.25) is 0 Å². The molecule has 0 saturated heterocycles. The second-order valence-corrected chi connectivity index (χ2v) is 16.5. The van der Waals surface area contributed by atoms with Crippen molar-refractivity contribution >= 4 is 11.9 Å². The smallest absolute Gasteiger partial charge is 0.308 e. The second-order valence-electron chi connectivity index (χ2n) is 16.5. The van der Waals surface area contributed by atoms with Gasteiger partial charge in [0.15, 0.2) is 0 Å². The maximum absolute atomic E-state index is 12.9. The Kier molecular flexibility index (Phi) is 40.5. The predicted molar refractivity (Wildman–Crippen MR) is 229 cm³/mol. The Bertz CT molecular complexity index is 736. The molecule has 0 fully saturated rings. The summed E-state index contributed by atoms with van der Waals surface area (Å²) < 4.78 is 11.6. The van der Waals surface area contributed by atoms with Crippen molar-refractivity contribution < 1.29 is 29.3 Å². The van der Waals surface area contributed by atoms with Crippen LogP contribution in [0, 0.1) is 11.8 Å². The SMILES string of the molecule is CCCCCCCCC(CCCCCC)C(=O)OCCCCCCN(CCCCCCOC(=O)C(CCCCCC)CCCCCCCC)C[C@@H](O)CO. The van der Waals surface area contributed by atoms with Crippen molar-refractivity contribution in [2.75, 3.05) is 39.5 Å². The van der Waals surface area contributed by atoms with Crippen molar-refractivity contribution in [2.24, 2.45) is 11.8 Å². The molecule has 0 aromatic rings. The van der Waals surface area contributed by atoms with Crippen LogP contribution in [0.4, 0.5) is 0 Å². The maximum Gasteiger partial charge on any atom is 0.308 e. The highest BCUT2D eigenvalue weighted by molar-refractivity contribution is 5.72. The van der Waals surface area contributed by atoms with E-state index in [1.165, 1.54) is 103 Å². The molecular weight excluding hydrogens is 675 g/mol. The van der Waals surface area contributed by atoms with Gasteiger partial charge in [-0.15, -0.1) is 0 Å². The van der Waals surface area contributed by atoms with E-state index in [1.54, 1.807) is 0 Å². The molecule has 7 heteroatoms. The van der Waals surface area contributed by atoms with Gasteiger partial charge in [0.05, 0.1) is 37.8 Å². The van der Waals surface area contributed by atoms with E-state index in [4.69, 9.17) is 9.47 Å². The van der Waals surface area contributed by atoms with Crippen LogP contribution in [0.3, 0.4) is 0 Å². The Morgan fingerprint density at radius 3 is 1.09 bits per heavy atom. The first-order chi connectivity index (χ1) is 26.4. The third kappa shape index (κ3) is 34.1. The monoisotopic (exact) mass is 768 g/mol. The van der Waals surface area contributed by atoms with Crippen molar-refractivity contribution in [2.45, 2.75) is 239 Å². The van der Waals surface area contributed by atoms with Gasteiger partial charge >= 0.3 is 11.9 Å². The lowest BCUT2D eigenvalue weighted by atomic mass is 9.94. The molecule has 0 aliphatic carbocycles. The van der Waals surface area contributed by atoms with Gasteiger partial charge in [0.2, 0.25) is 0 Å². The molecule has 0 aliphatic heterocycles. The number of nitrogens with zero attached hydrogens (tertiary/aromatic N) is 1. The van der Waals surface area contributed by atoms with Gasteiger partial charge in [-0.25, -0.2) is 0 Å². The molecule has 7 nitrogen and oxygen atoms in total. The summed E-state index contributed by atoms with van der Waals surface area (Å²) in [7, 11) is 0. The lowest BCUT2D eigenvalue weighted by Gasteiger charge is -2.24. The Morgan fingerprint density at radius 1 is 0.444 bits per heavy atom. The average molecular weight is 768 g/mol. The molecule has 0 heterocycles. The highest BCUT2D eigenvalue weighted by Crippen LogP contribution is 2.22. The van der Waals surface area contributed by atoms with E-state index in [-0.39, 0.29) is 30.4 Å². The van der Waals surface area contributed by atoms with E-state index < -0.39 is 6.10 Å². The quantitative estimate of drug-likeness (QED) is 0.0471. The molecule has 0 bridgehead atoms. The first-order valence-corrected chi connectivity index (χ1v) is 23.8. The number of unbranched alkanes of at least 4 members (excludes halogenated alkanes) is 22. The molecule has 3 atom stereocenters. The van der Waals surface area contributed by atoms with E-state index in [0.29, 0.717) is 19.8 Å². The van der Waals surface area contributed by atoms with Gasteiger partial charge in [0.1, 0.15) is 0 Å². The van der Waals surface area contributed by atoms with Gasteiger partial charge in [-0.05, 0) is 64.5 Å². The minimum absolute atomic E-state index is 0.0212. The largest absolute Gasteiger partial charge is 0.465 e. The molecule has 54 heavy (non-hydrogen) atoms. The third-order valence-corrected chi connectivity index (χ3v) is 11.2. The number of hydrogen-bond acceptors (Lipinski definition) is 7. The molecule has 0 rings (SSSR count). The minimum atomic E-state index is -0.721. The van der Waals surface area contributed by atoms with Crippen molar-refractivity contribution in [1.29, 1.82) is 0 Å². The number of carbonyl (C=O) groups is 2. The number of ether oxygens (including phenoxy) is 2. The van der Waals surface area contributed by atoms with Crippen molar-refractivity contribution in [3.8, 4) is 0 Å². The van der Waals surface area contributed by atoms with Crippen LogP contribution in [-0.4, -0.2) is 72.6 Å². The Labute approximate surface area is 335 Å². The normalized spacial score (nSPS) is 13.3. The summed E-state index contributed by atoms with van der Waals surface area (Å²) in [5.41, 5.74) is 0. The van der Waals surface area contributed by atoms with E-state index >= 15 is 0 Å². The van der Waals surface area contributed by atoms with Crippen molar-refractivity contribution in [3.63, 3.8) is 0 Å². The van der Waals surface area contributed by atoms with Gasteiger partial charge in [-0.2, -0.15) is 0 Å². The standard InChI is InChI=1S/C47H93NO6/c1-5-9-13-17-19-27-35-43(33-25-15-11-7-3)46(51)53-39-31-23-21-29-37-48(41-45(50)42-49)38-30-22-24-32-40-54-47(52)44(34-26-16-12-8-4)36-28-20-18-14-10-6-2/h43-45,49-50H,5-42H2,1-4H3/t43?,44?,45-/m1/s1. The lowest BCUT2D eigenvalue weighted by molar-refractivity contribution is -0.150. The second kappa shape index (κ2) is 41.5. The molecule has 2 N–H and O–H groups in total. The van der Waals surface area contributed by atoms with E-state index in [2.05, 4.69) is 32.6 Å². The van der Waals surface area contributed by atoms with E-state index in [1.807, 2.05) is 0 Å². The number of rotatable bonds is 43. The number of aliphatic hydroxyl groups excluding tert-OH is 2. The summed E-state index contributed by atoms with van der Waals surface area (Å²) in [5, 5.41) is 19.6. The molecule has 0 spiro atoms. The first-order valence-electron chi connectivity index (χ1n) is 23.8. The third-order valence-electron chi connectivity index (χ3n) is 11.2. The zero-order valence-electron chi connectivity index (χ0n) is 36.6. The fraction of sp³-hybridized carbons (Fsp3) is 0.957. The zero-order valence-corrected chi connectivity index (χ0v) is 36.6. The summed E-state index contributed by atoms with van der Waals surface area (Å²) in [6.45, 7) is 12.0. The first kappa shape index (κ1) is 52.8. The molecule has 0 aromatic carbocycles. The van der Waals surface area contributed by atoms with Gasteiger partial charge < -0.3 is 24.6 Å². The summed E-state index contributed by atoms with van der Waals surface area (Å²) in [6.07, 6.45) is 35.8. The van der Waals surface area contributed by atoms with Crippen molar-refractivity contribution in [1.82, 2.24) is 4.90 Å². The van der Waals surface area contributed by atoms with Gasteiger partial charge in [-0.3, -0.25) is 9.59 Å². The Morgan fingerprint density at radius 2 is 0.741 bits per heavy atom. The highest BCUT2D eigenvalue weighted by atomic mass is 16.5. The molecular formula is C47H93NO6. The molecule has 0 amide bonds. The van der Waals surface area contributed by atoms with Gasteiger partial charge in [0, 0.05) is 6.54 Å². The zero-order chi connectivity index (χ0) is 39.7. The summed E-state index contributed by atoms with van der Waals surface area (Å²) in [4.78, 5) is 28.2. The van der Waals surface area contributed by atoms with Crippen LogP contribution in [0.15, 0.2) is 0 Å². The lowest BCUT2D eigenvalue weighted by Crippen LogP contribution is -2.35. The van der Waals surface area contributed by atoms with Crippen LogP contribution in [0.1, 0.15) is 233 Å². The van der Waals surface area contributed by atoms with Gasteiger partial charge in [0.25, 0.3) is 0 Å². The molecule has 322 valence electrons. The summed E-state index contributed by atoms with van der Waals surface area (Å²) in [5.74, 6) is 0.166. The number of carbonyl (C=O) groups excluding carboxylic acids is 2. The van der Waals surface area contributed by atoms with Crippen LogP contribution in [0.5, 0.6) is 0 Å². The van der Waals surface area contributed by atoms with Crippen LogP contribution in [-0.2, 0) is 19.1 Å². The minimum Gasteiger partial charge on any atom is -0.465 e. The van der Waals surface area contributed by atoms with Crippen LogP contribution >= 0.6 is 0 Å². The molecule has 0 aromatic heterocycles. The topological polar surface area (TPSA) is 96.3 Å². The number of hydrogen-bond donors (Lipinski definition) is 2. The fourth-order valence-corrected chi connectivity index (χ4v) is 7.55. The fourth-order valence-electron chi connectivity index (χ4n) is 7.55. The Hall–Kier alpha value is -1.18. The molecule has 0 saturated carbocycles. The predicted octanol–water partition coefficient (Wildman–Crippen LogP) is 12.5. The molecule has 0 radical (unpaired) electrons. The Balaban J connectivity index is 4.38. The van der Waals surface area contributed by atoms with Gasteiger partial charge in [-0.1, -0.05) is 182 Å². The summed E-state index contributed by atoms with van der Waals surface area (Å²) >= 11 is 0. The highest BCUT2D eigenvalue weighted by Gasteiger charge is 2.20. The average Bonchev–Trinajstić information content (AvgIpc) is 3.17.